The van der Waals surface area contributed by atoms with Gasteiger partial charge in [-0.05, 0) is 0 Å². The van der Waals surface area contributed by atoms with E-state index in [9.17, 15) is 145 Å². The number of esters is 1. The van der Waals surface area contributed by atoms with Crippen LogP contribution in [0, 0.1) is 0 Å². The van der Waals surface area contributed by atoms with Gasteiger partial charge in [-0.25, -0.2) is 4.79 Å². The van der Waals surface area contributed by atoms with Gasteiger partial charge in [0, 0.05) is 0 Å². The van der Waals surface area contributed by atoms with Crippen LogP contribution in [0.15, 0.2) is 0 Å². The average molecular weight is 860 g/mol. The molecule has 0 aromatic carbocycles. The number of alkyl halides is 32. The standard InChI is InChI=1S/C18H4F32O2/c19-4(20,6(23,24)8(27,28)10(31,32)12(35,36)14(39,40)16(43,44)18(48,49)50)1-2-52-3(51)5(21,22)7(25,26)9(29,30)11(33,34)13(37,38)15(41,42)17(45,46)47/h1-2H2. The van der Waals surface area contributed by atoms with E-state index in [0.717, 1.165) is 0 Å². The van der Waals surface area contributed by atoms with Crippen LogP contribution >= 0.6 is 0 Å². The number of carbonyl (C=O) groups excluding carboxylic acids is 1. The molecule has 0 aromatic heterocycles. The molecule has 0 aliphatic rings. The lowest BCUT2D eigenvalue weighted by Gasteiger charge is -2.42. The van der Waals surface area contributed by atoms with Crippen LogP contribution in [-0.2, 0) is 9.53 Å². The smallest absolute Gasteiger partial charge is 0.460 e. The number of ether oxygens (including phenoxy) is 1. The van der Waals surface area contributed by atoms with Crippen molar-refractivity contribution in [2.24, 2.45) is 0 Å². The SMILES string of the molecule is O=C(OCCC(F)(F)C(F)(F)C(F)(F)C(F)(F)C(F)(F)C(F)(F)C(F)(F)C(F)(F)F)C(F)(F)C(F)(F)C(F)(F)C(F)(F)C(F)(F)C(F)(F)C(F)(F)F. The molecule has 0 bridgehead atoms. The highest BCUT2D eigenvalue weighted by Gasteiger charge is 2.96. The summed E-state index contributed by atoms with van der Waals surface area (Å²) >= 11 is 0. The Hall–Kier alpha value is -2.77. The van der Waals surface area contributed by atoms with Gasteiger partial charge in [0.25, 0.3) is 0 Å². The van der Waals surface area contributed by atoms with Crippen LogP contribution < -0.4 is 0 Å². The van der Waals surface area contributed by atoms with Crippen molar-refractivity contribution >= 4 is 5.97 Å². The molecule has 52 heavy (non-hydrogen) atoms. The molecule has 0 aliphatic heterocycles. The van der Waals surface area contributed by atoms with Crippen molar-refractivity contribution in [2.75, 3.05) is 6.61 Å². The molecule has 0 rings (SSSR count). The van der Waals surface area contributed by atoms with E-state index < -0.39 is 108 Å². The maximum Gasteiger partial charge on any atom is 0.460 e. The molecule has 0 unspecified atom stereocenters. The Labute approximate surface area is 260 Å². The van der Waals surface area contributed by atoms with Gasteiger partial charge in [0.2, 0.25) is 0 Å². The fraction of sp³-hybridized carbons (Fsp3) is 0.944. The van der Waals surface area contributed by atoms with E-state index in [2.05, 4.69) is 4.74 Å². The molecule has 2 nitrogen and oxygen atoms in total. The highest BCUT2D eigenvalue weighted by Crippen LogP contribution is 2.65. The largest absolute Gasteiger partial charge is 0.461 e. The van der Waals surface area contributed by atoms with Crippen molar-refractivity contribution in [3.05, 3.63) is 0 Å². The zero-order valence-electron chi connectivity index (χ0n) is 22.3. The highest BCUT2D eigenvalue weighted by molar-refractivity contribution is 5.79. The van der Waals surface area contributed by atoms with Crippen molar-refractivity contribution in [2.45, 2.75) is 95.8 Å². The van der Waals surface area contributed by atoms with E-state index in [1.165, 1.54) is 0 Å². The highest BCUT2D eigenvalue weighted by atomic mass is 19.4. The Morgan fingerprint density at radius 2 is 0.519 bits per heavy atom. The minimum absolute atomic E-state index is 2.34. The number of carbonyl (C=O) groups is 1. The summed E-state index contributed by atoms with van der Waals surface area (Å²) in [6.45, 7) is -3.66. The van der Waals surface area contributed by atoms with Gasteiger partial charge < -0.3 is 4.74 Å². The van der Waals surface area contributed by atoms with E-state index in [1.54, 1.807) is 0 Å². The quantitative estimate of drug-likeness (QED) is 0.121. The Morgan fingerprint density at radius 3 is 0.769 bits per heavy atom. The second kappa shape index (κ2) is 12.4. The topological polar surface area (TPSA) is 26.3 Å². The predicted molar refractivity (Wildman–Crippen MR) is 92.0 cm³/mol. The summed E-state index contributed by atoms with van der Waals surface area (Å²) in [5.41, 5.74) is 0. The lowest BCUT2D eigenvalue weighted by atomic mass is 9.88. The van der Waals surface area contributed by atoms with Crippen molar-refractivity contribution in [1.29, 1.82) is 0 Å². The first-order chi connectivity index (χ1) is 21.9. The molecule has 0 radical (unpaired) electrons. The Morgan fingerprint density at radius 1 is 0.308 bits per heavy atom. The first kappa shape index (κ1) is 49.2. The van der Waals surface area contributed by atoms with Crippen LogP contribution in [0.5, 0.6) is 0 Å². The molecule has 0 aliphatic carbocycles. The van der Waals surface area contributed by atoms with E-state index in [-0.39, 0.29) is 0 Å². The Bertz CT molecular complexity index is 1300. The molecule has 34 heteroatoms. The molecule has 0 N–H and O–H groups in total. The maximum atomic E-state index is 13.7. The van der Waals surface area contributed by atoms with Gasteiger partial charge in [-0.2, -0.15) is 140 Å². The maximum absolute atomic E-state index is 13.7. The van der Waals surface area contributed by atoms with Crippen LogP contribution in [0.4, 0.5) is 140 Å². The van der Waals surface area contributed by atoms with Crippen LogP contribution in [-0.4, -0.2) is 102 Å². The number of hydrogen-bond acceptors (Lipinski definition) is 2. The lowest BCUT2D eigenvalue weighted by Crippen LogP contribution is -2.74. The van der Waals surface area contributed by atoms with Crippen LogP contribution in [0.2, 0.25) is 0 Å². The third-order valence-electron chi connectivity index (χ3n) is 6.02. The zero-order valence-corrected chi connectivity index (χ0v) is 22.3. The summed E-state index contributed by atoms with van der Waals surface area (Å²) in [6.07, 6.45) is -20.4. The Kier molecular flexibility index (Phi) is 11.7. The van der Waals surface area contributed by atoms with E-state index in [4.69, 9.17) is 0 Å². The third kappa shape index (κ3) is 6.24. The molecular weight excluding hydrogens is 856 g/mol. The Balaban J connectivity index is 6.62. The van der Waals surface area contributed by atoms with Crippen molar-refractivity contribution in [3.8, 4) is 0 Å². The van der Waals surface area contributed by atoms with Crippen molar-refractivity contribution < 1.29 is 150 Å². The summed E-state index contributed by atoms with van der Waals surface area (Å²) in [5, 5.41) is 0. The van der Waals surface area contributed by atoms with Gasteiger partial charge in [-0.3, -0.25) is 0 Å². The predicted octanol–water partition coefficient (Wildman–Crippen LogP) is 10.3. The normalized spacial score (nSPS) is 16.7. The number of rotatable bonds is 15. The van der Waals surface area contributed by atoms with Gasteiger partial charge in [0.15, 0.2) is 0 Å². The summed E-state index contributed by atoms with van der Waals surface area (Å²) in [5.74, 6) is -119. The first-order valence-electron chi connectivity index (χ1n) is 11.1. The van der Waals surface area contributed by atoms with E-state index >= 15 is 0 Å². The van der Waals surface area contributed by atoms with Gasteiger partial charge in [-0.1, -0.05) is 0 Å². The fourth-order valence-electron chi connectivity index (χ4n) is 2.81. The molecular formula is C18H4F32O2. The lowest BCUT2D eigenvalue weighted by molar-refractivity contribution is -0.462. The molecule has 0 fully saturated rings. The molecule has 0 saturated heterocycles. The molecule has 0 aromatic rings. The van der Waals surface area contributed by atoms with E-state index in [0.29, 0.717) is 0 Å². The third-order valence-corrected chi connectivity index (χ3v) is 6.02. The van der Waals surface area contributed by atoms with Gasteiger partial charge in [0.05, 0.1) is 13.0 Å². The van der Waals surface area contributed by atoms with Gasteiger partial charge >= 0.3 is 95.3 Å². The number of halogens is 32. The second-order valence-electron chi connectivity index (χ2n) is 9.48. The van der Waals surface area contributed by atoms with Gasteiger partial charge in [-0.15, -0.1) is 0 Å². The molecule has 0 atom stereocenters. The molecule has 0 amide bonds. The fourth-order valence-corrected chi connectivity index (χ4v) is 2.81. The van der Waals surface area contributed by atoms with Crippen LogP contribution in [0.1, 0.15) is 6.42 Å². The molecule has 0 spiro atoms. The molecule has 312 valence electrons. The minimum Gasteiger partial charge on any atom is -0.461 e. The van der Waals surface area contributed by atoms with Crippen LogP contribution in [0.3, 0.4) is 0 Å². The second-order valence-corrected chi connectivity index (χ2v) is 9.48. The zero-order chi connectivity index (χ0) is 43.2. The summed E-state index contributed by atoms with van der Waals surface area (Å²) in [7, 11) is 0. The van der Waals surface area contributed by atoms with Crippen molar-refractivity contribution in [3.63, 3.8) is 0 Å². The number of hydrogen-bond donors (Lipinski definition) is 0. The van der Waals surface area contributed by atoms with Crippen LogP contribution in [0.25, 0.3) is 0 Å². The summed E-state index contributed by atoms with van der Waals surface area (Å²) in [4.78, 5) is 11.0. The molecule has 0 heterocycles. The minimum atomic E-state index is -9.22. The molecule has 0 saturated carbocycles. The average Bonchev–Trinajstić information content (AvgIpc) is 2.90. The van der Waals surface area contributed by atoms with E-state index in [1.807, 2.05) is 0 Å². The summed E-state index contributed by atoms with van der Waals surface area (Å²) < 4.78 is 422. The van der Waals surface area contributed by atoms with Crippen molar-refractivity contribution in [1.82, 2.24) is 0 Å². The monoisotopic (exact) mass is 860 g/mol. The van der Waals surface area contributed by atoms with Gasteiger partial charge in [0.1, 0.15) is 0 Å². The summed E-state index contributed by atoms with van der Waals surface area (Å²) in [6, 6.07) is 0. The first-order valence-corrected chi connectivity index (χ1v) is 11.1.